The third-order valence-corrected chi connectivity index (χ3v) is 2.12. The largest absolute Gasteiger partial charge is 0.494 e. The maximum absolute atomic E-state index is 5.76. The Balaban J connectivity index is 2.20. The number of nitrogens with zero attached hydrogens (tertiary/aromatic N) is 1. The van der Waals surface area contributed by atoms with Crippen LogP contribution in [0.3, 0.4) is 0 Å². The Morgan fingerprint density at radius 3 is 2.65 bits per heavy atom. The SMILES string of the molecule is CCOc1cc(N)cc(Oc2cc(C)[nH]n2)c1. The van der Waals surface area contributed by atoms with E-state index < -0.39 is 0 Å². The summed E-state index contributed by atoms with van der Waals surface area (Å²) in [5.41, 5.74) is 7.29. The van der Waals surface area contributed by atoms with Crippen LogP contribution in [-0.4, -0.2) is 16.8 Å². The summed E-state index contributed by atoms with van der Waals surface area (Å²) in [6.07, 6.45) is 0. The summed E-state index contributed by atoms with van der Waals surface area (Å²) in [6, 6.07) is 7.08. The van der Waals surface area contributed by atoms with Crippen LogP contribution in [0.5, 0.6) is 17.4 Å². The van der Waals surface area contributed by atoms with E-state index in [0.29, 0.717) is 29.7 Å². The van der Waals surface area contributed by atoms with Crippen molar-refractivity contribution < 1.29 is 9.47 Å². The van der Waals surface area contributed by atoms with Crippen molar-refractivity contribution in [1.82, 2.24) is 10.2 Å². The fourth-order valence-electron chi connectivity index (χ4n) is 1.47. The molecule has 1 heterocycles. The highest BCUT2D eigenvalue weighted by molar-refractivity contribution is 5.51. The molecule has 0 saturated carbocycles. The minimum atomic E-state index is 0.510. The number of anilines is 1. The molecule has 17 heavy (non-hydrogen) atoms. The molecule has 0 unspecified atom stereocenters. The molecule has 0 bridgehead atoms. The van der Waals surface area contributed by atoms with Crippen LogP contribution in [0.1, 0.15) is 12.6 Å². The molecule has 0 saturated heterocycles. The monoisotopic (exact) mass is 233 g/mol. The molecule has 0 radical (unpaired) electrons. The lowest BCUT2D eigenvalue weighted by molar-refractivity contribution is 0.338. The molecule has 0 aliphatic rings. The van der Waals surface area contributed by atoms with Crippen molar-refractivity contribution in [3.8, 4) is 17.4 Å². The molecule has 0 amide bonds. The number of nitrogens with one attached hydrogen (secondary N) is 1. The number of hydrogen-bond acceptors (Lipinski definition) is 4. The lowest BCUT2D eigenvalue weighted by Crippen LogP contribution is -1.94. The van der Waals surface area contributed by atoms with Crippen LogP contribution in [0.2, 0.25) is 0 Å². The molecule has 3 N–H and O–H groups in total. The van der Waals surface area contributed by atoms with Gasteiger partial charge in [-0.1, -0.05) is 0 Å². The minimum absolute atomic E-state index is 0.510. The average molecular weight is 233 g/mol. The van der Waals surface area contributed by atoms with E-state index in [1.807, 2.05) is 19.9 Å². The highest BCUT2D eigenvalue weighted by Gasteiger charge is 2.04. The van der Waals surface area contributed by atoms with Gasteiger partial charge in [0.25, 0.3) is 0 Å². The quantitative estimate of drug-likeness (QED) is 0.796. The van der Waals surface area contributed by atoms with Crippen LogP contribution in [0.15, 0.2) is 24.3 Å². The summed E-state index contributed by atoms with van der Waals surface area (Å²) in [7, 11) is 0. The number of nitrogen functional groups attached to an aromatic ring is 1. The Morgan fingerprint density at radius 2 is 2.00 bits per heavy atom. The first-order valence-electron chi connectivity index (χ1n) is 5.40. The van der Waals surface area contributed by atoms with Crippen LogP contribution >= 0.6 is 0 Å². The summed E-state index contributed by atoms with van der Waals surface area (Å²) in [4.78, 5) is 0. The Kier molecular flexibility index (Phi) is 3.18. The van der Waals surface area contributed by atoms with Crippen LogP contribution in [-0.2, 0) is 0 Å². The zero-order valence-corrected chi connectivity index (χ0v) is 9.86. The summed E-state index contributed by atoms with van der Waals surface area (Å²) >= 11 is 0. The lowest BCUT2D eigenvalue weighted by atomic mass is 10.3. The number of aryl methyl sites for hydroxylation is 1. The van der Waals surface area contributed by atoms with E-state index >= 15 is 0 Å². The zero-order chi connectivity index (χ0) is 12.3. The van der Waals surface area contributed by atoms with Crippen molar-refractivity contribution in [3.05, 3.63) is 30.0 Å². The molecule has 0 aliphatic heterocycles. The van der Waals surface area contributed by atoms with Crippen LogP contribution < -0.4 is 15.2 Å². The fraction of sp³-hybridized carbons (Fsp3) is 0.250. The van der Waals surface area contributed by atoms with Gasteiger partial charge in [-0.3, -0.25) is 5.10 Å². The topological polar surface area (TPSA) is 73.2 Å². The van der Waals surface area contributed by atoms with Crippen LogP contribution in [0, 0.1) is 6.92 Å². The number of benzene rings is 1. The van der Waals surface area contributed by atoms with Crippen LogP contribution in [0.4, 0.5) is 5.69 Å². The van der Waals surface area contributed by atoms with Gasteiger partial charge >= 0.3 is 0 Å². The second kappa shape index (κ2) is 4.78. The van der Waals surface area contributed by atoms with Gasteiger partial charge in [0.15, 0.2) is 0 Å². The standard InChI is InChI=1S/C12H15N3O2/c1-3-16-10-5-9(13)6-11(7-10)17-12-4-8(2)14-15-12/h4-7H,3,13H2,1-2H3,(H,14,15). The fourth-order valence-corrected chi connectivity index (χ4v) is 1.47. The van der Waals surface area contributed by atoms with Crippen LogP contribution in [0.25, 0.3) is 0 Å². The van der Waals surface area contributed by atoms with Gasteiger partial charge in [0, 0.05) is 35.6 Å². The minimum Gasteiger partial charge on any atom is -0.494 e. The number of aromatic nitrogens is 2. The third kappa shape index (κ3) is 2.90. The molecule has 0 spiro atoms. The summed E-state index contributed by atoms with van der Waals surface area (Å²) in [5, 5.41) is 6.79. The molecule has 2 rings (SSSR count). The summed E-state index contributed by atoms with van der Waals surface area (Å²) < 4.78 is 10.9. The van der Waals surface area contributed by atoms with E-state index in [0.717, 1.165) is 5.69 Å². The van der Waals surface area contributed by atoms with Crippen molar-refractivity contribution in [1.29, 1.82) is 0 Å². The lowest BCUT2D eigenvalue weighted by Gasteiger charge is -2.07. The Hall–Kier alpha value is -2.17. The normalized spacial score (nSPS) is 10.2. The first-order chi connectivity index (χ1) is 8.17. The first kappa shape index (κ1) is 11.3. The molecule has 1 aromatic heterocycles. The second-order valence-corrected chi connectivity index (χ2v) is 3.66. The summed E-state index contributed by atoms with van der Waals surface area (Å²) in [5.74, 6) is 1.81. The number of nitrogens with two attached hydrogens (primary N) is 1. The maximum Gasteiger partial charge on any atom is 0.238 e. The molecular weight excluding hydrogens is 218 g/mol. The molecule has 0 fully saturated rings. The van der Waals surface area contributed by atoms with Gasteiger partial charge in [-0.2, -0.15) is 0 Å². The second-order valence-electron chi connectivity index (χ2n) is 3.66. The molecule has 90 valence electrons. The highest BCUT2D eigenvalue weighted by Crippen LogP contribution is 2.27. The number of rotatable bonds is 4. The van der Waals surface area contributed by atoms with Gasteiger partial charge in [-0.15, -0.1) is 5.10 Å². The highest BCUT2D eigenvalue weighted by atomic mass is 16.5. The Morgan fingerprint density at radius 1 is 1.24 bits per heavy atom. The van der Waals surface area contributed by atoms with E-state index in [2.05, 4.69) is 10.2 Å². The average Bonchev–Trinajstić information content (AvgIpc) is 2.63. The molecule has 5 heteroatoms. The van der Waals surface area contributed by atoms with Gasteiger partial charge < -0.3 is 15.2 Å². The predicted molar refractivity (Wildman–Crippen MR) is 65.4 cm³/mol. The van der Waals surface area contributed by atoms with Gasteiger partial charge in [0.05, 0.1) is 6.61 Å². The van der Waals surface area contributed by atoms with E-state index in [1.165, 1.54) is 0 Å². The smallest absolute Gasteiger partial charge is 0.238 e. The van der Waals surface area contributed by atoms with Gasteiger partial charge in [0.1, 0.15) is 11.5 Å². The molecule has 5 nitrogen and oxygen atoms in total. The molecule has 1 aromatic carbocycles. The molecule has 2 aromatic rings. The number of H-pyrrole nitrogens is 1. The number of hydrogen-bond donors (Lipinski definition) is 2. The Bertz CT molecular complexity index is 508. The van der Waals surface area contributed by atoms with E-state index in [4.69, 9.17) is 15.2 Å². The van der Waals surface area contributed by atoms with E-state index in [1.54, 1.807) is 18.2 Å². The number of ether oxygens (including phenoxy) is 2. The predicted octanol–water partition coefficient (Wildman–Crippen LogP) is 2.49. The maximum atomic E-state index is 5.76. The van der Waals surface area contributed by atoms with Crippen molar-refractivity contribution in [2.24, 2.45) is 0 Å². The zero-order valence-electron chi connectivity index (χ0n) is 9.86. The van der Waals surface area contributed by atoms with E-state index in [-0.39, 0.29) is 0 Å². The van der Waals surface area contributed by atoms with Crippen molar-refractivity contribution in [2.75, 3.05) is 12.3 Å². The number of aromatic amines is 1. The van der Waals surface area contributed by atoms with Gasteiger partial charge in [-0.05, 0) is 13.8 Å². The van der Waals surface area contributed by atoms with Crippen molar-refractivity contribution in [3.63, 3.8) is 0 Å². The summed E-state index contributed by atoms with van der Waals surface area (Å²) in [6.45, 7) is 4.41. The first-order valence-corrected chi connectivity index (χ1v) is 5.40. The van der Waals surface area contributed by atoms with Gasteiger partial charge in [0.2, 0.25) is 5.88 Å². The van der Waals surface area contributed by atoms with E-state index in [9.17, 15) is 0 Å². The Labute approximate surface area is 99.5 Å². The third-order valence-electron chi connectivity index (χ3n) is 2.12. The van der Waals surface area contributed by atoms with Crippen molar-refractivity contribution >= 4 is 5.69 Å². The van der Waals surface area contributed by atoms with Gasteiger partial charge in [-0.25, -0.2) is 0 Å². The molecule has 0 aliphatic carbocycles. The molecule has 0 atom stereocenters. The van der Waals surface area contributed by atoms with Crippen molar-refractivity contribution in [2.45, 2.75) is 13.8 Å². The molecular formula is C12H15N3O2.